The van der Waals surface area contributed by atoms with E-state index in [1.165, 1.54) is 0 Å². The topological polar surface area (TPSA) is 46.8 Å². The van der Waals surface area contributed by atoms with Crippen molar-refractivity contribution >= 4 is 23.0 Å². The van der Waals surface area contributed by atoms with Crippen LogP contribution in [0.4, 0.5) is 0 Å². The normalized spacial score (nSPS) is 10.7. The number of carbonyl (C=O) groups is 1. The van der Waals surface area contributed by atoms with E-state index in [9.17, 15) is 4.79 Å². The summed E-state index contributed by atoms with van der Waals surface area (Å²) in [7, 11) is 3.31. The minimum atomic E-state index is -0.157. The predicted octanol–water partition coefficient (Wildman–Crippen LogP) is 3.27. The van der Waals surface area contributed by atoms with E-state index in [-0.39, 0.29) is 5.91 Å². The lowest BCUT2D eigenvalue weighted by Crippen LogP contribution is -2.26. The number of ether oxygens (including phenoxy) is 1. The van der Waals surface area contributed by atoms with Crippen LogP contribution in [-0.4, -0.2) is 34.6 Å². The monoisotopic (exact) mass is 329 g/mol. The molecule has 0 aliphatic rings. The van der Waals surface area contributed by atoms with Crippen LogP contribution >= 0.6 is 11.6 Å². The van der Waals surface area contributed by atoms with Crippen LogP contribution in [0, 0.1) is 0 Å². The predicted molar refractivity (Wildman–Crippen MR) is 89.0 cm³/mol. The maximum Gasteiger partial charge on any atom is 0.274 e. The highest BCUT2D eigenvalue weighted by Gasteiger charge is 2.18. The van der Waals surface area contributed by atoms with Gasteiger partial charge in [0.15, 0.2) is 5.69 Å². The summed E-state index contributed by atoms with van der Waals surface area (Å²) in [5.74, 6) is 0.422. The first kappa shape index (κ1) is 15.4. The number of rotatable bonds is 4. The Bertz CT molecular complexity index is 846. The lowest BCUT2D eigenvalue weighted by molar-refractivity contribution is 0.0779. The summed E-state index contributed by atoms with van der Waals surface area (Å²) in [6.07, 6.45) is 1.65. The van der Waals surface area contributed by atoms with Crippen molar-refractivity contribution < 1.29 is 9.53 Å². The van der Waals surface area contributed by atoms with Gasteiger partial charge in [-0.1, -0.05) is 41.9 Å². The second-order valence-electron chi connectivity index (χ2n) is 5.23. The van der Waals surface area contributed by atoms with Crippen molar-refractivity contribution in [1.29, 1.82) is 0 Å². The molecule has 118 valence electrons. The summed E-state index contributed by atoms with van der Waals surface area (Å²) in [5.41, 5.74) is 2.12. The highest BCUT2D eigenvalue weighted by molar-refractivity contribution is 6.30. The summed E-state index contributed by atoms with van der Waals surface area (Å²) in [4.78, 5) is 14.2. The van der Waals surface area contributed by atoms with Gasteiger partial charge in [-0.25, -0.2) is 4.52 Å². The average molecular weight is 330 g/mol. The van der Waals surface area contributed by atoms with Crippen molar-refractivity contribution in [3.05, 3.63) is 64.9 Å². The summed E-state index contributed by atoms with van der Waals surface area (Å²) in [6.45, 7) is 0.519. The summed E-state index contributed by atoms with van der Waals surface area (Å²) in [6, 6.07) is 13.2. The molecule has 0 aliphatic heterocycles. The molecule has 0 saturated heterocycles. The highest BCUT2D eigenvalue weighted by atomic mass is 35.5. The lowest BCUT2D eigenvalue weighted by Gasteiger charge is -2.15. The SMILES string of the molecule is COc1cc(Cl)cn2nc(C(=O)N(C)Cc3ccccc3)cc12. The molecule has 1 aromatic carbocycles. The number of halogens is 1. The largest absolute Gasteiger partial charge is 0.494 e. The minimum Gasteiger partial charge on any atom is -0.494 e. The number of hydrogen-bond acceptors (Lipinski definition) is 3. The molecule has 2 heterocycles. The van der Waals surface area contributed by atoms with Crippen LogP contribution in [0.5, 0.6) is 5.75 Å². The maximum atomic E-state index is 12.6. The van der Waals surface area contributed by atoms with Crippen molar-refractivity contribution in [1.82, 2.24) is 14.5 Å². The number of benzene rings is 1. The number of carbonyl (C=O) groups excluding carboxylic acids is 1. The first-order chi connectivity index (χ1) is 11.1. The molecule has 6 heteroatoms. The Balaban J connectivity index is 1.89. The smallest absolute Gasteiger partial charge is 0.274 e. The molecule has 3 aromatic rings. The van der Waals surface area contributed by atoms with E-state index in [2.05, 4.69) is 5.10 Å². The lowest BCUT2D eigenvalue weighted by atomic mass is 10.2. The molecule has 0 aliphatic carbocycles. The number of hydrogen-bond donors (Lipinski definition) is 0. The number of nitrogens with zero attached hydrogens (tertiary/aromatic N) is 3. The van der Waals surface area contributed by atoms with Gasteiger partial charge in [-0.05, 0) is 5.56 Å². The van der Waals surface area contributed by atoms with Crippen LogP contribution in [0.25, 0.3) is 5.52 Å². The molecular weight excluding hydrogens is 314 g/mol. The number of pyridine rings is 1. The van der Waals surface area contributed by atoms with Gasteiger partial charge in [0.25, 0.3) is 5.91 Å². The van der Waals surface area contributed by atoms with Crippen LogP contribution in [0.1, 0.15) is 16.1 Å². The Hall–Kier alpha value is -2.53. The van der Waals surface area contributed by atoms with E-state index in [1.54, 1.807) is 41.9 Å². The molecule has 1 amide bonds. The van der Waals surface area contributed by atoms with Gasteiger partial charge < -0.3 is 9.64 Å². The summed E-state index contributed by atoms with van der Waals surface area (Å²) < 4.78 is 6.85. The fourth-order valence-corrected chi connectivity index (χ4v) is 2.61. The quantitative estimate of drug-likeness (QED) is 0.738. The fourth-order valence-electron chi connectivity index (χ4n) is 2.42. The number of aromatic nitrogens is 2. The standard InChI is InChI=1S/C17H16ClN3O2/c1-20(10-12-6-4-3-5-7-12)17(22)14-9-15-16(23-2)8-13(18)11-21(15)19-14/h3-9,11H,10H2,1-2H3. The van der Waals surface area contributed by atoms with Crippen molar-refractivity contribution in [3.8, 4) is 5.75 Å². The second-order valence-corrected chi connectivity index (χ2v) is 5.67. The molecule has 0 saturated carbocycles. The third-order valence-electron chi connectivity index (χ3n) is 3.55. The molecule has 0 N–H and O–H groups in total. The molecule has 23 heavy (non-hydrogen) atoms. The zero-order chi connectivity index (χ0) is 16.4. The minimum absolute atomic E-state index is 0.157. The molecule has 0 spiro atoms. The van der Waals surface area contributed by atoms with E-state index in [4.69, 9.17) is 16.3 Å². The Morgan fingerprint density at radius 1 is 1.30 bits per heavy atom. The number of methoxy groups -OCH3 is 1. The van der Waals surface area contributed by atoms with Crippen LogP contribution in [-0.2, 0) is 6.54 Å². The van der Waals surface area contributed by atoms with Crippen LogP contribution in [0.15, 0.2) is 48.7 Å². The van der Waals surface area contributed by atoms with Crippen LogP contribution in [0.2, 0.25) is 5.02 Å². The third kappa shape index (κ3) is 3.14. The second kappa shape index (κ2) is 6.30. The van der Waals surface area contributed by atoms with E-state index in [0.717, 1.165) is 5.56 Å². The fraction of sp³-hybridized carbons (Fsp3) is 0.176. The van der Waals surface area contributed by atoms with Gasteiger partial charge >= 0.3 is 0 Å². The zero-order valence-electron chi connectivity index (χ0n) is 12.9. The molecule has 0 atom stereocenters. The molecule has 0 radical (unpaired) electrons. The molecule has 3 rings (SSSR count). The van der Waals surface area contributed by atoms with Crippen LogP contribution in [0.3, 0.4) is 0 Å². The highest BCUT2D eigenvalue weighted by Crippen LogP contribution is 2.25. The van der Waals surface area contributed by atoms with Gasteiger partial charge in [0.2, 0.25) is 0 Å². The molecule has 5 nitrogen and oxygen atoms in total. The van der Waals surface area contributed by atoms with E-state index < -0.39 is 0 Å². The van der Waals surface area contributed by atoms with E-state index >= 15 is 0 Å². The first-order valence-electron chi connectivity index (χ1n) is 7.11. The molecular formula is C17H16ClN3O2. The van der Waals surface area contributed by atoms with Crippen molar-refractivity contribution in [2.75, 3.05) is 14.2 Å². The number of amides is 1. The van der Waals surface area contributed by atoms with Gasteiger partial charge in [-0.3, -0.25) is 4.79 Å². The first-order valence-corrected chi connectivity index (χ1v) is 7.48. The van der Waals surface area contributed by atoms with Crippen molar-refractivity contribution in [2.45, 2.75) is 6.54 Å². The molecule has 0 bridgehead atoms. The number of fused-ring (bicyclic) bond motifs is 1. The Labute approximate surface area is 139 Å². The van der Waals surface area contributed by atoms with E-state index in [0.29, 0.717) is 28.5 Å². The molecule has 0 fully saturated rings. The molecule has 0 unspecified atom stereocenters. The zero-order valence-corrected chi connectivity index (χ0v) is 13.6. The average Bonchev–Trinajstić information content (AvgIpc) is 2.97. The van der Waals surface area contributed by atoms with Gasteiger partial charge in [0.05, 0.1) is 12.1 Å². The third-order valence-corrected chi connectivity index (χ3v) is 3.76. The molecule has 2 aromatic heterocycles. The van der Waals surface area contributed by atoms with Gasteiger partial charge in [0, 0.05) is 31.9 Å². The Kier molecular flexibility index (Phi) is 4.21. The van der Waals surface area contributed by atoms with Crippen LogP contribution < -0.4 is 4.74 Å². The summed E-state index contributed by atoms with van der Waals surface area (Å²) >= 11 is 6.03. The van der Waals surface area contributed by atoms with Gasteiger partial charge in [-0.2, -0.15) is 5.10 Å². The van der Waals surface area contributed by atoms with E-state index in [1.807, 2.05) is 30.3 Å². The Morgan fingerprint density at radius 3 is 2.74 bits per heavy atom. The maximum absolute atomic E-state index is 12.6. The van der Waals surface area contributed by atoms with Crippen molar-refractivity contribution in [3.63, 3.8) is 0 Å². The Morgan fingerprint density at radius 2 is 2.04 bits per heavy atom. The van der Waals surface area contributed by atoms with Gasteiger partial charge in [-0.15, -0.1) is 0 Å². The van der Waals surface area contributed by atoms with Gasteiger partial charge in [0.1, 0.15) is 11.3 Å². The summed E-state index contributed by atoms with van der Waals surface area (Å²) in [5, 5.41) is 4.80. The van der Waals surface area contributed by atoms with Crippen molar-refractivity contribution in [2.24, 2.45) is 0 Å².